The molecule has 0 spiro atoms. The van der Waals surface area contributed by atoms with E-state index in [1.165, 1.54) is 12.1 Å². The zero-order valence-electron chi connectivity index (χ0n) is 6.55. The Morgan fingerprint density at radius 3 is 3.36 bits per heavy atom. The lowest BCUT2D eigenvalue weighted by Gasteiger charge is -2.20. The van der Waals surface area contributed by atoms with Gasteiger partial charge in [-0.25, -0.2) is 4.98 Å². The predicted octanol–water partition coefficient (Wildman–Crippen LogP) is 2.12. The minimum absolute atomic E-state index is 0.692. The van der Waals surface area contributed by atoms with E-state index in [0.717, 1.165) is 18.9 Å². The van der Waals surface area contributed by atoms with Gasteiger partial charge in [-0.2, -0.15) is 0 Å². The minimum atomic E-state index is 0.692. The molecule has 0 saturated heterocycles. The summed E-state index contributed by atoms with van der Waals surface area (Å²) in [4.78, 5) is 4.06. The molecule has 60 valence electrons. The first-order valence-corrected chi connectivity index (χ1v) is 4.34. The fourth-order valence-corrected chi connectivity index (χ4v) is 1.84. The molecule has 1 aliphatic heterocycles. The molecule has 1 aromatic rings. The maximum Gasteiger partial charge on any atom is 0.150 e. The first-order valence-electron chi connectivity index (χ1n) is 3.97. The number of halogens is 1. The first-order chi connectivity index (χ1) is 5.27. The number of aromatic nitrogens is 2. The first kappa shape index (κ1) is 7.17. The Morgan fingerprint density at radius 1 is 1.73 bits per heavy atom. The van der Waals surface area contributed by atoms with Crippen LogP contribution in [0.1, 0.15) is 19.0 Å². The lowest BCUT2D eigenvalue weighted by Crippen LogP contribution is -2.16. The molecule has 1 aromatic heterocycles. The molecular formula is C8H11ClN2. The monoisotopic (exact) mass is 170 g/mol. The fourth-order valence-electron chi connectivity index (χ4n) is 1.60. The van der Waals surface area contributed by atoms with Crippen LogP contribution >= 0.6 is 11.6 Å². The third kappa shape index (κ3) is 1.16. The normalized spacial score (nSPS) is 23.3. The summed E-state index contributed by atoms with van der Waals surface area (Å²) in [6.07, 6.45) is 4.17. The third-order valence-electron chi connectivity index (χ3n) is 2.28. The van der Waals surface area contributed by atoms with Gasteiger partial charge in [0.1, 0.15) is 5.15 Å². The van der Waals surface area contributed by atoms with E-state index >= 15 is 0 Å². The summed E-state index contributed by atoms with van der Waals surface area (Å²) in [6.45, 7) is 3.34. The lowest BCUT2D eigenvalue weighted by molar-refractivity contribution is 0.399. The lowest BCUT2D eigenvalue weighted by atomic mass is 10.0. The van der Waals surface area contributed by atoms with Crippen molar-refractivity contribution < 1.29 is 0 Å². The van der Waals surface area contributed by atoms with Crippen molar-refractivity contribution in [1.29, 1.82) is 0 Å². The molecule has 0 saturated carbocycles. The summed E-state index contributed by atoms with van der Waals surface area (Å²) in [5, 5.41) is 0.692. The van der Waals surface area contributed by atoms with Crippen molar-refractivity contribution in [3.63, 3.8) is 0 Å². The van der Waals surface area contributed by atoms with E-state index in [4.69, 9.17) is 11.6 Å². The van der Waals surface area contributed by atoms with E-state index in [2.05, 4.69) is 16.5 Å². The SMILES string of the molecule is CC1CCc2c(Cl)ncn2C1. The maximum absolute atomic E-state index is 5.87. The number of nitrogens with zero attached hydrogens (tertiary/aromatic N) is 2. The van der Waals surface area contributed by atoms with Crippen LogP contribution in [0.4, 0.5) is 0 Å². The highest BCUT2D eigenvalue weighted by atomic mass is 35.5. The summed E-state index contributed by atoms with van der Waals surface area (Å²) in [5.41, 5.74) is 1.21. The second-order valence-corrected chi connectivity index (χ2v) is 3.64. The maximum atomic E-state index is 5.87. The van der Waals surface area contributed by atoms with Gasteiger partial charge in [0.15, 0.2) is 0 Å². The molecule has 1 aliphatic rings. The van der Waals surface area contributed by atoms with Crippen molar-refractivity contribution in [3.8, 4) is 0 Å². The van der Waals surface area contributed by atoms with Crippen LogP contribution in [0, 0.1) is 5.92 Å². The van der Waals surface area contributed by atoms with Gasteiger partial charge in [0.2, 0.25) is 0 Å². The van der Waals surface area contributed by atoms with Crippen LogP contribution in [-0.2, 0) is 13.0 Å². The van der Waals surface area contributed by atoms with Crippen LogP contribution in [0.5, 0.6) is 0 Å². The average Bonchev–Trinajstić information content (AvgIpc) is 2.32. The van der Waals surface area contributed by atoms with Crippen LogP contribution < -0.4 is 0 Å². The molecule has 0 fully saturated rings. The highest BCUT2D eigenvalue weighted by molar-refractivity contribution is 6.30. The largest absolute Gasteiger partial charge is 0.333 e. The molecule has 3 heteroatoms. The zero-order chi connectivity index (χ0) is 7.84. The third-order valence-corrected chi connectivity index (χ3v) is 2.59. The van der Waals surface area contributed by atoms with Crippen molar-refractivity contribution in [2.75, 3.05) is 0 Å². The van der Waals surface area contributed by atoms with E-state index in [9.17, 15) is 0 Å². The van der Waals surface area contributed by atoms with Gasteiger partial charge in [0.25, 0.3) is 0 Å². The average molecular weight is 171 g/mol. The Hall–Kier alpha value is -0.500. The van der Waals surface area contributed by atoms with E-state index in [0.29, 0.717) is 5.15 Å². The van der Waals surface area contributed by atoms with Crippen molar-refractivity contribution in [3.05, 3.63) is 17.2 Å². The van der Waals surface area contributed by atoms with E-state index in [1.54, 1.807) is 0 Å². The van der Waals surface area contributed by atoms with Gasteiger partial charge in [-0.05, 0) is 18.8 Å². The van der Waals surface area contributed by atoms with Crippen molar-refractivity contribution in [2.24, 2.45) is 5.92 Å². The molecule has 2 nitrogen and oxygen atoms in total. The van der Waals surface area contributed by atoms with Crippen molar-refractivity contribution >= 4 is 11.6 Å². The highest BCUT2D eigenvalue weighted by Gasteiger charge is 2.17. The molecule has 0 aromatic carbocycles. The zero-order valence-corrected chi connectivity index (χ0v) is 7.30. The fraction of sp³-hybridized carbons (Fsp3) is 0.625. The Balaban J connectivity index is 2.36. The van der Waals surface area contributed by atoms with Crippen LogP contribution in [0.25, 0.3) is 0 Å². The number of fused-ring (bicyclic) bond motifs is 1. The molecule has 0 aliphatic carbocycles. The topological polar surface area (TPSA) is 17.8 Å². The number of hydrogen-bond acceptors (Lipinski definition) is 1. The summed E-state index contributed by atoms with van der Waals surface area (Å²) in [6, 6.07) is 0. The van der Waals surface area contributed by atoms with Crippen LogP contribution in [0.2, 0.25) is 5.15 Å². The van der Waals surface area contributed by atoms with E-state index < -0.39 is 0 Å². The minimum Gasteiger partial charge on any atom is -0.333 e. The quantitative estimate of drug-likeness (QED) is 0.583. The van der Waals surface area contributed by atoms with Crippen LogP contribution in [0.3, 0.4) is 0 Å². The molecule has 0 bridgehead atoms. The predicted molar refractivity (Wildman–Crippen MR) is 44.7 cm³/mol. The van der Waals surface area contributed by atoms with Crippen LogP contribution in [0.15, 0.2) is 6.33 Å². The standard InChI is InChI=1S/C8H11ClN2/c1-6-2-3-7-8(9)10-5-11(7)4-6/h5-6H,2-4H2,1H3. The van der Waals surface area contributed by atoms with Gasteiger partial charge in [-0.15, -0.1) is 0 Å². The van der Waals surface area contributed by atoms with Crippen molar-refractivity contribution in [1.82, 2.24) is 9.55 Å². The van der Waals surface area contributed by atoms with Gasteiger partial charge in [0.05, 0.1) is 12.0 Å². The molecule has 1 unspecified atom stereocenters. The summed E-state index contributed by atoms with van der Waals surface area (Å²) < 4.78 is 2.16. The Bertz CT molecular complexity index is 267. The molecule has 11 heavy (non-hydrogen) atoms. The molecule has 0 N–H and O–H groups in total. The van der Waals surface area contributed by atoms with Gasteiger partial charge < -0.3 is 4.57 Å². The molecule has 0 amide bonds. The van der Waals surface area contributed by atoms with Crippen LogP contribution in [-0.4, -0.2) is 9.55 Å². The van der Waals surface area contributed by atoms with Gasteiger partial charge in [-0.3, -0.25) is 0 Å². The smallest absolute Gasteiger partial charge is 0.150 e. The van der Waals surface area contributed by atoms with Gasteiger partial charge in [-0.1, -0.05) is 18.5 Å². The summed E-state index contributed by atoms with van der Waals surface area (Å²) in [7, 11) is 0. The molecular weight excluding hydrogens is 160 g/mol. The number of hydrogen-bond donors (Lipinski definition) is 0. The summed E-state index contributed by atoms with van der Waals surface area (Å²) in [5.74, 6) is 0.771. The molecule has 2 heterocycles. The molecule has 2 rings (SSSR count). The second-order valence-electron chi connectivity index (χ2n) is 3.28. The molecule has 0 radical (unpaired) electrons. The van der Waals surface area contributed by atoms with Gasteiger partial charge >= 0.3 is 0 Å². The highest BCUT2D eigenvalue weighted by Crippen LogP contribution is 2.24. The summed E-state index contributed by atoms with van der Waals surface area (Å²) >= 11 is 5.87. The van der Waals surface area contributed by atoms with E-state index in [1.807, 2.05) is 6.33 Å². The number of rotatable bonds is 0. The number of imidazole rings is 1. The van der Waals surface area contributed by atoms with E-state index in [-0.39, 0.29) is 0 Å². The Kier molecular flexibility index (Phi) is 1.64. The van der Waals surface area contributed by atoms with Crippen molar-refractivity contribution in [2.45, 2.75) is 26.3 Å². The Morgan fingerprint density at radius 2 is 2.55 bits per heavy atom. The molecule has 1 atom stereocenters. The van der Waals surface area contributed by atoms with Gasteiger partial charge in [0, 0.05) is 6.54 Å². The Labute approximate surface area is 71.2 Å². The second kappa shape index (κ2) is 2.52.